The third-order valence-electron chi connectivity index (χ3n) is 2.69. The number of methoxy groups -OCH3 is 1. The lowest BCUT2D eigenvalue weighted by Crippen LogP contribution is -2.11. The number of nitro benzene ring substituents is 1. The van der Waals surface area contributed by atoms with E-state index in [1.54, 1.807) is 6.92 Å². The van der Waals surface area contributed by atoms with Crippen LogP contribution in [0, 0.1) is 17.0 Å². The average molecular weight is 291 g/mol. The number of rotatable bonds is 5. The third-order valence-corrected chi connectivity index (χ3v) is 2.69. The van der Waals surface area contributed by atoms with Crippen LogP contribution in [0.3, 0.4) is 0 Å². The second-order valence-electron chi connectivity index (χ2n) is 4.01. The predicted octanol–water partition coefficient (Wildman–Crippen LogP) is 1.78. The number of nitrogens with zero attached hydrogens (tertiary/aromatic N) is 3. The maximum Gasteiger partial charge on any atom is 0.269 e. The Balaban J connectivity index is 2.36. The minimum Gasteiger partial charge on any atom is -0.489 e. The quantitative estimate of drug-likeness (QED) is 0.485. The molecule has 0 fully saturated rings. The number of aryl methyl sites for hydroxylation is 1. The molecule has 9 nitrogen and oxygen atoms in total. The van der Waals surface area contributed by atoms with Crippen LogP contribution in [0.1, 0.15) is 5.56 Å². The van der Waals surface area contributed by atoms with Crippen molar-refractivity contribution in [1.82, 2.24) is 9.97 Å². The van der Waals surface area contributed by atoms with Crippen LogP contribution in [0.25, 0.3) is 0 Å². The number of ether oxygens (including phenoxy) is 2. The molecule has 0 amide bonds. The molecule has 0 aliphatic carbocycles. The Labute approximate surface area is 119 Å². The van der Waals surface area contributed by atoms with Gasteiger partial charge in [0.1, 0.15) is 12.1 Å². The zero-order chi connectivity index (χ0) is 15.4. The Morgan fingerprint density at radius 3 is 2.71 bits per heavy atom. The third kappa shape index (κ3) is 2.98. The molecule has 2 aromatic rings. The van der Waals surface area contributed by atoms with Gasteiger partial charge in [-0.15, -0.1) is 0 Å². The number of anilines is 1. The van der Waals surface area contributed by atoms with Gasteiger partial charge in [0.15, 0.2) is 5.82 Å². The first-order chi connectivity index (χ1) is 10.1. The highest BCUT2D eigenvalue weighted by atomic mass is 16.6. The van der Waals surface area contributed by atoms with E-state index < -0.39 is 4.92 Å². The van der Waals surface area contributed by atoms with Gasteiger partial charge >= 0.3 is 0 Å². The first-order valence-electron chi connectivity index (χ1n) is 5.85. The lowest BCUT2D eigenvalue weighted by atomic mass is 10.2. The molecular formula is C12H13N5O4. The molecule has 0 bridgehead atoms. The molecule has 3 N–H and O–H groups in total. The van der Waals surface area contributed by atoms with Crippen molar-refractivity contribution in [3.05, 3.63) is 40.2 Å². The number of hydrogen-bond donors (Lipinski definition) is 2. The minimum absolute atomic E-state index is 0.0150. The molecule has 0 radical (unpaired) electrons. The lowest BCUT2D eigenvalue weighted by Gasteiger charge is -2.12. The monoisotopic (exact) mass is 291 g/mol. The summed E-state index contributed by atoms with van der Waals surface area (Å²) in [5.74, 6) is 6.39. The molecule has 9 heteroatoms. The fourth-order valence-corrected chi connectivity index (χ4v) is 1.68. The maximum atomic E-state index is 10.7. The standard InChI is InChI=1S/C12H13N5O4/c1-7-5-8(17(18)19)3-4-9(7)21-12-10(20-2)11(16-13)14-6-15-12/h3-6H,13H2,1-2H3,(H,14,15,16). The van der Waals surface area contributed by atoms with E-state index in [4.69, 9.17) is 15.3 Å². The van der Waals surface area contributed by atoms with Gasteiger partial charge in [-0.2, -0.15) is 4.98 Å². The second kappa shape index (κ2) is 6.01. The zero-order valence-electron chi connectivity index (χ0n) is 11.4. The molecule has 0 aliphatic rings. The summed E-state index contributed by atoms with van der Waals surface area (Å²) < 4.78 is 10.8. The van der Waals surface area contributed by atoms with Crippen LogP contribution in [0.2, 0.25) is 0 Å². The van der Waals surface area contributed by atoms with Crippen molar-refractivity contribution in [3.8, 4) is 17.4 Å². The molecule has 110 valence electrons. The van der Waals surface area contributed by atoms with Crippen molar-refractivity contribution in [3.63, 3.8) is 0 Å². The highest BCUT2D eigenvalue weighted by Crippen LogP contribution is 2.35. The van der Waals surface area contributed by atoms with Gasteiger partial charge in [-0.3, -0.25) is 10.1 Å². The molecule has 2 rings (SSSR count). The molecule has 0 saturated heterocycles. The SMILES string of the molecule is COc1c(NN)ncnc1Oc1ccc([N+](=O)[O-])cc1C. The Kier molecular flexibility index (Phi) is 4.14. The van der Waals surface area contributed by atoms with Crippen molar-refractivity contribution in [2.75, 3.05) is 12.5 Å². The number of nitrogens with two attached hydrogens (primary N) is 1. The molecule has 1 aromatic carbocycles. The van der Waals surface area contributed by atoms with Crippen LogP contribution in [-0.2, 0) is 0 Å². The Hall–Kier alpha value is -2.94. The number of nitrogens with one attached hydrogen (secondary N) is 1. The number of aromatic nitrogens is 2. The molecule has 0 spiro atoms. The largest absolute Gasteiger partial charge is 0.489 e. The number of hydrogen-bond acceptors (Lipinski definition) is 8. The molecule has 0 unspecified atom stereocenters. The van der Waals surface area contributed by atoms with Gasteiger partial charge < -0.3 is 14.9 Å². The number of non-ortho nitro benzene ring substituents is 1. The molecule has 1 aromatic heterocycles. The van der Waals surface area contributed by atoms with Gasteiger partial charge in [-0.25, -0.2) is 10.8 Å². The van der Waals surface area contributed by atoms with E-state index in [2.05, 4.69) is 15.4 Å². The molecule has 0 saturated carbocycles. The fraction of sp³-hybridized carbons (Fsp3) is 0.167. The van der Waals surface area contributed by atoms with E-state index in [1.165, 1.54) is 31.6 Å². The van der Waals surface area contributed by atoms with Crippen LogP contribution in [0.4, 0.5) is 11.5 Å². The van der Waals surface area contributed by atoms with E-state index in [-0.39, 0.29) is 23.1 Å². The summed E-state index contributed by atoms with van der Waals surface area (Å²) in [6.07, 6.45) is 1.26. The van der Waals surface area contributed by atoms with Crippen molar-refractivity contribution in [2.45, 2.75) is 6.92 Å². The van der Waals surface area contributed by atoms with Gasteiger partial charge in [-0.05, 0) is 18.6 Å². The lowest BCUT2D eigenvalue weighted by molar-refractivity contribution is -0.384. The summed E-state index contributed by atoms with van der Waals surface area (Å²) in [5.41, 5.74) is 2.94. The Morgan fingerprint density at radius 1 is 1.38 bits per heavy atom. The van der Waals surface area contributed by atoms with Gasteiger partial charge in [-0.1, -0.05) is 0 Å². The number of benzene rings is 1. The van der Waals surface area contributed by atoms with E-state index in [0.717, 1.165) is 0 Å². The molecular weight excluding hydrogens is 278 g/mol. The number of nitro groups is 1. The van der Waals surface area contributed by atoms with Crippen LogP contribution in [0.5, 0.6) is 17.4 Å². The maximum absolute atomic E-state index is 10.7. The summed E-state index contributed by atoms with van der Waals surface area (Å²) in [4.78, 5) is 18.1. The summed E-state index contributed by atoms with van der Waals surface area (Å²) in [6, 6.07) is 4.24. The molecule has 0 atom stereocenters. The van der Waals surface area contributed by atoms with E-state index in [9.17, 15) is 10.1 Å². The van der Waals surface area contributed by atoms with Gasteiger partial charge in [0.2, 0.25) is 5.75 Å². The summed E-state index contributed by atoms with van der Waals surface area (Å²) >= 11 is 0. The van der Waals surface area contributed by atoms with E-state index in [0.29, 0.717) is 11.3 Å². The van der Waals surface area contributed by atoms with Crippen LogP contribution in [-0.4, -0.2) is 22.0 Å². The molecule has 1 heterocycles. The van der Waals surface area contributed by atoms with E-state index in [1.807, 2.05) is 0 Å². The van der Waals surface area contributed by atoms with E-state index >= 15 is 0 Å². The highest BCUT2D eigenvalue weighted by Gasteiger charge is 2.16. The topological polar surface area (TPSA) is 125 Å². The van der Waals surface area contributed by atoms with Crippen molar-refractivity contribution < 1.29 is 14.4 Å². The molecule has 21 heavy (non-hydrogen) atoms. The Morgan fingerprint density at radius 2 is 2.14 bits per heavy atom. The van der Waals surface area contributed by atoms with Crippen molar-refractivity contribution in [2.24, 2.45) is 5.84 Å². The first kappa shape index (κ1) is 14.5. The normalized spacial score (nSPS) is 10.0. The average Bonchev–Trinajstić information content (AvgIpc) is 2.48. The highest BCUT2D eigenvalue weighted by molar-refractivity contribution is 5.55. The van der Waals surface area contributed by atoms with Gasteiger partial charge in [0.05, 0.1) is 12.0 Å². The zero-order valence-corrected chi connectivity index (χ0v) is 11.4. The van der Waals surface area contributed by atoms with Crippen LogP contribution in [0.15, 0.2) is 24.5 Å². The molecule has 0 aliphatic heterocycles. The first-order valence-corrected chi connectivity index (χ1v) is 5.85. The second-order valence-corrected chi connectivity index (χ2v) is 4.01. The van der Waals surface area contributed by atoms with Gasteiger partial charge in [0, 0.05) is 12.1 Å². The van der Waals surface area contributed by atoms with Crippen LogP contribution >= 0.6 is 0 Å². The Bertz CT molecular complexity index is 677. The minimum atomic E-state index is -0.474. The summed E-state index contributed by atoms with van der Waals surface area (Å²) in [7, 11) is 1.43. The van der Waals surface area contributed by atoms with Crippen molar-refractivity contribution >= 4 is 11.5 Å². The summed E-state index contributed by atoms with van der Waals surface area (Å²) in [5, 5.41) is 10.7. The fourth-order valence-electron chi connectivity index (χ4n) is 1.68. The smallest absolute Gasteiger partial charge is 0.269 e. The summed E-state index contributed by atoms with van der Waals surface area (Å²) in [6.45, 7) is 1.69. The van der Waals surface area contributed by atoms with Crippen molar-refractivity contribution in [1.29, 1.82) is 0 Å². The number of nitrogen functional groups attached to an aromatic ring is 1. The predicted molar refractivity (Wildman–Crippen MR) is 74.3 cm³/mol. The van der Waals surface area contributed by atoms with Gasteiger partial charge in [0.25, 0.3) is 11.6 Å². The number of hydrazine groups is 1. The van der Waals surface area contributed by atoms with Crippen LogP contribution < -0.4 is 20.7 Å².